The lowest BCUT2D eigenvalue weighted by Gasteiger charge is -2.12. The predicted octanol–water partition coefficient (Wildman–Crippen LogP) is 0.961. The second-order valence-corrected chi connectivity index (χ2v) is 4.49. The van der Waals surface area contributed by atoms with Crippen molar-refractivity contribution >= 4 is 23.4 Å². The topological polar surface area (TPSA) is 75.7 Å². The van der Waals surface area contributed by atoms with E-state index in [1.54, 1.807) is 0 Å². The molecule has 2 aromatic rings. The molecule has 17 heavy (non-hydrogen) atoms. The fraction of sp³-hybridized carbons (Fsp3) is 0.500. The number of hydrogen-bond donors (Lipinski definition) is 2. The summed E-state index contributed by atoms with van der Waals surface area (Å²) in [5.41, 5.74) is 0.817. The van der Waals surface area contributed by atoms with E-state index in [9.17, 15) is 4.79 Å². The molecule has 0 amide bonds. The summed E-state index contributed by atoms with van der Waals surface area (Å²) in [5.74, 6) is 0. The van der Waals surface area contributed by atoms with Crippen LogP contribution in [0.15, 0.2) is 11.1 Å². The second kappa shape index (κ2) is 4.08. The molecule has 6 nitrogen and oxygen atoms in total. The maximum atomic E-state index is 11.6. The van der Waals surface area contributed by atoms with Gasteiger partial charge in [-0.3, -0.25) is 14.3 Å². The first kappa shape index (κ1) is 10.7. The van der Waals surface area contributed by atoms with Crippen LogP contribution in [0, 0.1) is 4.77 Å². The van der Waals surface area contributed by atoms with E-state index in [0.29, 0.717) is 22.5 Å². The number of rotatable bonds is 2. The zero-order chi connectivity index (χ0) is 11.8. The Kier molecular flexibility index (Phi) is 2.56. The molecule has 90 valence electrons. The molecule has 0 spiro atoms. The van der Waals surface area contributed by atoms with Gasteiger partial charge in [-0.15, -0.1) is 0 Å². The Hall–Kier alpha value is -1.47. The number of aromatic nitrogens is 4. The van der Waals surface area contributed by atoms with Crippen molar-refractivity contribution in [2.45, 2.75) is 25.5 Å². The van der Waals surface area contributed by atoms with Crippen LogP contribution in [-0.4, -0.2) is 32.2 Å². The Morgan fingerprint density at radius 2 is 2.53 bits per heavy atom. The van der Waals surface area contributed by atoms with Crippen molar-refractivity contribution in [1.82, 2.24) is 19.5 Å². The second-order valence-electron chi connectivity index (χ2n) is 4.11. The Bertz CT molecular complexity index is 650. The number of ether oxygens (including phenoxy) is 1. The van der Waals surface area contributed by atoms with Gasteiger partial charge in [-0.05, 0) is 25.1 Å². The van der Waals surface area contributed by atoms with Gasteiger partial charge in [0.25, 0.3) is 5.56 Å². The number of fused-ring (bicyclic) bond motifs is 1. The van der Waals surface area contributed by atoms with Crippen LogP contribution in [0.1, 0.15) is 12.8 Å². The molecule has 2 aromatic heterocycles. The average molecular weight is 252 g/mol. The van der Waals surface area contributed by atoms with Gasteiger partial charge in [0, 0.05) is 6.61 Å². The van der Waals surface area contributed by atoms with E-state index >= 15 is 0 Å². The Morgan fingerprint density at radius 1 is 1.65 bits per heavy atom. The number of hydrogen-bond acceptors (Lipinski definition) is 4. The van der Waals surface area contributed by atoms with E-state index in [4.69, 9.17) is 17.0 Å². The number of nitrogens with zero attached hydrogens (tertiary/aromatic N) is 2. The molecule has 1 aliphatic rings. The van der Waals surface area contributed by atoms with E-state index in [-0.39, 0.29) is 11.7 Å². The summed E-state index contributed by atoms with van der Waals surface area (Å²) in [6.07, 6.45) is 3.76. The minimum atomic E-state index is -0.230. The highest BCUT2D eigenvalue weighted by atomic mass is 32.1. The van der Waals surface area contributed by atoms with Gasteiger partial charge in [-0.2, -0.15) is 0 Å². The standard InChI is InChI=1S/C10H12N4O2S/c15-9-7-8(12-5-11-7)14(10(17)13-9)4-6-2-1-3-16-6/h5-6H,1-4H2,(H,11,12)(H,13,15,17)/t6-/m0/s1. The van der Waals surface area contributed by atoms with Gasteiger partial charge in [-0.25, -0.2) is 4.98 Å². The van der Waals surface area contributed by atoms with E-state index in [1.807, 2.05) is 4.57 Å². The van der Waals surface area contributed by atoms with Gasteiger partial charge in [0.2, 0.25) is 0 Å². The fourth-order valence-electron chi connectivity index (χ4n) is 2.14. The van der Waals surface area contributed by atoms with Crippen LogP contribution in [0.3, 0.4) is 0 Å². The van der Waals surface area contributed by atoms with E-state index in [2.05, 4.69) is 15.0 Å². The molecular weight excluding hydrogens is 240 g/mol. The molecule has 0 unspecified atom stereocenters. The van der Waals surface area contributed by atoms with Gasteiger partial charge in [0.1, 0.15) is 5.52 Å². The lowest BCUT2D eigenvalue weighted by Crippen LogP contribution is -2.20. The molecule has 3 heterocycles. The van der Waals surface area contributed by atoms with Crippen molar-refractivity contribution in [2.75, 3.05) is 6.61 Å². The lowest BCUT2D eigenvalue weighted by atomic mass is 10.2. The highest BCUT2D eigenvalue weighted by molar-refractivity contribution is 7.71. The monoisotopic (exact) mass is 252 g/mol. The fourth-order valence-corrected chi connectivity index (χ4v) is 2.40. The van der Waals surface area contributed by atoms with E-state index < -0.39 is 0 Å². The third kappa shape index (κ3) is 1.81. The third-order valence-electron chi connectivity index (χ3n) is 2.98. The van der Waals surface area contributed by atoms with Crippen LogP contribution in [0.5, 0.6) is 0 Å². The van der Waals surface area contributed by atoms with Gasteiger partial charge < -0.3 is 9.72 Å². The first-order valence-corrected chi connectivity index (χ1v) is 5.94. The van der Waals surface area contributed by atoms with Crippen molar-refractivity contribution in [3.8, 4) is 0 Å². The maximum absolute atomic E-state index is 11.6. The maximum Gasteiger partial charge on any atom is 0.277 e. The summed E-state index contributed by atoms with van der Waals surface area (Å²) in [6, 6.07) is 0. The molecule has 1 atom stereocenters. The van der Waals surface area contributed by atoms with Crippen molar-refractivity contribution in [3.63, 3.8) is 0 Å². The molecule has 2 N–H and O–H groups in total. The molecule has 1 aliphatic heterocycles. The highest BCUT2D eigenvalue weighted by Crippen LogP contribution is 2.15. The minimum absolute atomic E-state index is 0.160. The highest BCUT2D eigenvalue weighted by Gasteiger charge is 2.18. The normalized spacial score (nSPS) is 20.1. The summed E-state index contributed by atoms with van der Waals surface area (Å²) in [6.45, 7) is 1.43. The van der Waals surface area contributed by atoms with Gasteiger partial charge in [0.15, 0.2) is 10.4 Å². The van der Waals surface area contributed by atoms with Crippen molar-refractivity contribution in [2.24, 2.45) is 0 Å². The molecule has 0 bridgehead atoms. The molecule has 0 aliphatic carbocycles. The molecule has 3 rings (SSSR count). The molecule has 1 saturated heterocycles. The zero-order valence-electron chi connectivity index (χ0n) is 9.10. The van der Waals surface area contributed by atoms with Crippen LogP contribution < -0.4 is 5.56 Å². The first-order valence-electron chi connectivity index (χ1n) is 5.53. The van der Waals surface area contributed by atoms with Crippen molar-refractivity contribution < 1.29 is 4.74 Å². The zero-order valence-corrected chi connectivity index (χ0v) is 9.92. The minimum Gasteiger partial charge on any atom is -0.376 e. The Morgan fingerprint density at radius 3 is 3.29 bits per heavy atom. The quantitative estimate of drug-likeness (QED) is 0.781. The number of nitrogens with one attached hydrogen (secondary N) is 2. The number of imidazole rings is 1. The summed E-state index contributed by atoms with van der Waals surface area (Å²) in [4.78, 5) is 21.2. The van der Waals surface area contributed by atoms with E-state index in [1.165, 1.54) is 6.33 Å². The van der Waals surface area contributed by atoms with E-state index in [0.717, 1.165) is 19.4 Å². The van der Waals surface area contributed by atoms with Gasteiger partial charge >= 0.3 is 0 Å². The largest absolute Gasteiger partial charge is 0.376 e. The summed E-state index contributed by atoms with van der Waals surface area (Å²) < 4.78 is 7.78. The lowest BCUT2D eigenvalue weighted by molar-refractivity contribution is 0.0972. The summed E-state index contributed by atoms with van der Waals surface area (Å²) in [5, 5.41) is 0. The molecule has 0 saturated carbocycles. The summed E-state index contributed by atoms with van der Waals surface area (Å²) >= 11 is 5.17. The summed E-state index contributed by atoms with van der Waals surface area (Å²) in [7, 11) is 0. The van der Waals surface area contributed by atoms with Gasteiger partial charge in [0.05, 0.1) is 19.0 Å². The first-order chi connectivity index (χ1) is 8.25. The Labute approximate surface area is 102 Å². The molecule has 7 heteroatoms. The SMILES string of the molecule is O=c1[nH]c(=S)n(C[C@@H]2CCCO2)c2nc[nH]c12. The van der Waals surface area contributed by atoms with Crippen LogP contribution in [-0.2, 0) is 11.3 Å². The molecular formula is C10H12N4O2S. The molecule has 0 aromatic carbocycles. The third-order valence-corrected chi connectivity index (χ3v) is 3.30. The average Bonchev–Trinajstić information content (AvgIpc) is 2.95. The molecule has 1 fully saturated rings. The number of aromatic amines is 2. The van der Waals surface area contributed by atoms with Crippen molar-refractivity contribution in [1.29, 1.82) is 0 Å². The van der Waals surface area contributed by atoms with Crippen LogP contribution >= 0.6 is 12.2 Å². The molecule has 0 radical (unpaired) electrons. The predicted molar refractivity (Wildman–Crippen MR) is 64.5 cm³/mol. The Balaban J connectivity index is 2.11. The van der Waals surface area contributed by atoms with Crippen LogP contribution in [0.4, 0.5) is 0 Å². The number of H-pyrrole nitrogens is 2. The van der Waals surface area contributed by atoms with Crippen LogP contribution in [0.2, 0.25) is 0 Å². The van der Waals surface area contributed by atoms with Gasteiger partial charge in [-0.1, -0.05) is 0 Å². The van der Waals surface area contributed by atoms with Crippen LogP contribution in [0.25, 0.3) is 11.2 Å². The van der Waals surface area contributed by atoms with Crippen molar-refractivity contribution in [3.05, 3.63) is 21.5 Å². The smallest absolute Gasteiger partial charge is 0.277 e.